The van der Waals surface area contributed by atoms with Gasteiger partial charge in [0.15, 0.2) is 0 Å². The fourth-order valence-corrected chi connectivity index (χ4v) is 1.62. The molecule has 0 aliphatic heterocycles. The third-order valence-electron chi connectivity index (χ3n) is 2.78. The molecule has 0 radical (unpaired) electrons. The van der Waals surface area contributed by atoms with Crippen LogP contribution in [0.2, 0.25) is 0 Å². The number of methoxy groups -OCH3 is 2. The maximum absolute atomic E-state index is 11.6. The zero-order valence-electron chi connectivity index (χ0n) is 12.0. The van der Waals surface area contributed by atoms with E-state index in [9.17, 15) is 9.59 Å². The topological polar surface area (TPSA) is 76.7 Å². The zero-order chi connectivity index (χ0) is 15.0. The molecule has 2 N–H and O–H groups in total. The molecule has 0 heterocycles. The number of aryl methyl sites for hydroxylation is 1. The Hall–Kier alpha value is -2.24. The predicted octanol–water partition coefficient (Wildman–Crippen LogP) is 0.499. The number of nitrogens with one attached hydrogen (secondary N) is 2. The molecule has 6 heteroatoms. The maximum atomic E-state index is 11.6. The average molecular weight is 280 g/mol. The molecule has 0 atom stereocenters. The van der Waals surface area contributed by atoms with Gasteiger partial charge in [0, 0.05) is 19.5 Å². The summed E-state index contributed by atoms with van der Waals surface area (Å²) in [6.07, 6.45) is 0.848. The lowest BCUT2D eigenvalue weighted by molar-refractivity contribution is -0.125. The van der Waals surface area contributed by atoms with E-state index in [4.69, 9.17) is 9.47 Å². The highest BCUT2D eigenvalue weighted by molar-refractivity contribution is 5.84. The molecule has 110 valence electrons. The summed E-state index contributed by atoms with van der Waals surface area (Å²) in [5.41, 5.74) is 0.941. The van der Waals surface area contributed by atoms with Crippen molar-refractivity contribution in [1.29, 1.82) is 0 Å². The highest BCUT2D eigenvalue weighted by Crippen LogP contribution is 2.23. The zero-order valence-corrected chi connectivity index (χ0v) is 12.0. The molecule has 0 aromatic heterocycles. The second kappa shape index (κ2) is 8.04. The van der Waals surface area contributed by atoms with Crippen LogP contribution in [-0.2, 0) is 16.0 Å². The van der Waals surface area contributed by atoms with Gasteiger partial charge in [-0.2, -0.15) is 0 Å². The number of carbonyl (C=O) groups excluding carboxylic acids is 2. The molecule has 1 aromatic rings. The lowest BCUT2D eigenvalue weighted by atomic mass is 10.1. The first-order chi connectivity index (χ1) is 9.58. The Kier molecular flexibility index (Phi) is 6.36. The number of amides is 2. The summed E-state index contributed by atoms with van der Waals surface area (Å²) >= 11 is 0. The molecular formula is C14H20N2O4. The van der Waals surface area contributed by atoms with Gasteiger partial charge in [0.2, 0.25) is 11.8 Å². The van der Waals surface area contributed by atoms with Crippen LogP contribution in [0.25, 0.3) is 0 Å². The Morgan fingerprint density at radius 2 is 1.65 bits per heavy atom. The molecular weight excluding hydrogens is 260 g/mol. The van der Waals surface area contributed by atoms with Crippen LogP contribution in [0.15, 0.2) is 18.2 Å². The van der Waals surface area contributed by atoms with E-state index in [1.54, 1.807) is 20.3 Å². The summed E-state index contributed by atoms with van der Waals surface area (Å²) in [4.78, 5) is 22.6. The van der Waals surface area contributed by atoms with Gasteiger partial charge in [0.25, 0.3) is 0 Å². The molecule has 0 saturated carbocycles. The third-order valence-corrected chi connectivity index (χ3v) is 2.78. The van der Waals surface area contributed by atoms with Gasteiger partial charge in [-0.1, -0.05) is 0 Å². The van der Waals surface area contributed by atoms with Crippen LogP contribution in [0.5, 0.6) is 11.5 Å². The van der Waals surface area contributed by atoms with Crippen LogP contribution in [0.3, 0.4) is 0 Å². The number of hydrogen-bond acceptors (Lipinski definition) is 4. The van der Waals surface area contributed by atoms with Gasteiger partial charge < -0.3 is 20.1 Å². The van der Waals surface area contributed by atoms with Crippen LogP contribution < -0.4 is 20.1 Å². The third kappa shape index (κ3) is 5.17. The summed E-state index contributed by atoms with van der Waals surface area (Å²) in [5.74, 6) is 0.979. The Bertz CT molecular complexity index is 452. The van der Waals surface area contributed by atoms with Crippen molar-refractivity contribution >= 4 is 11.8 Å². The van der Waals surface area contributed by atoms with Gasteiger partial charge in [-0.3, -0.25) is 9.59 Å². The van der Waals surface area contributed by atoms with Crippen LogP contribution in [-0.4, -0.2) is 39.6 Å². The van der Waals surface area contributed by atoms with Crippen molar-refractivity contribution in [3.05, 3.63) is 23.8 Å². The predicted molar refractivity (Wildman–Crippen MR) is 74.9 cm³/mol. The van der Waals surface area contributed by atoms with E-state index in [0.29, 0.717) is 24.3 Å². The lowest BCUT2D eigenvalue weighted by Crippen LogP contribution is -2.35. The Labute approximate surface area is 118 Å². The number of likely N-dealkylation sites (N-methyl/N-ethyl adjacent to an activating group) is 1. The van der Waals surface area contributed by atoms with E-state index in [1.807, 2.05) is 12.1 Å². The van der Waals surface area contributed by atoms with Gasteiger partial charge in [0.05, 0.1) is 20.8 Å². The molecule has 20 heavy (non-hydrogen) atoms. The van der Waals surface area contributed by atoms with Gasteiger partial charge >= 0.3 is 0 Å². The number of rotatable bonds is 7. The van der Waals surface area contributed by atoms with E-state index in [-0.39, 0.29) is 18.4 Å². The van der Waals surface area contributed by atoms with E-state index < -0.39 is 0 Å². The van der Waals surface area contributed by atoms with E-state index in [1.165, 1.54) is 7.05 Å². The van der Waals surface area contributed by atoms with E-state index >= 15 is 0 Å². The van der Waals surface area contributed by atoms with Crippen molar-refractivity contribution in [1.82, 2.24) is 10.6 Å². The summed E-state index contributed by atoms with van der Waals surface area (Å²) < 4.78 is 10.3. The van der Waals surface area contributed by atoms with Crippen LogP contribution in [0, 0.1) is 0 Å². The molecule has 0 saturated heterocycles. The molecule has 1 aromatic carbocycles. The van der Waals surface area contributed by atoms with Crippen molar-refractivity contribution in [2.45, 2.75) is 12.8 Å². The molecule has 0 unspecified atom stereocenters. The van der Waals surface area contributed by atoms with E-state index in [2.05, 4.69) is 10.6 Å². The molecule has 0 aliphatic carbocycles. The highest BCUT2D eigenvalue weighted by atomic mass is 16.5. The Balaban J connectivity index is 2.52. The molecule has 0 bridgehead atoms. The maximum Gasteiger partial charge on any atom is 0.239 e. The molecule has 0 spiro atoms. The monoisotopic (exact) mass is 280 g/mol. The minimum atomic E-state index is -0.221. The van der Waals surface area contributed by atoms with Crippen molar-refractivity contribution in [2.75, 3.05) is 27.8 Å². The van der Waals surface area contributed by atoms with Gasteiger partial charge in [0.1, 0.15) is 11.5 Å². The molecule has 1 rings (SSSR count). The minimum Gasteiger partial charge on any atom is -0.497 e. The smallest absolute Gasteiger partial charge is 0.239 e. The summed E-state index contributed by atoms with van der Waals surface area (Å²) in [5, 5.41) is 4.98. The largest absolute Gasteiger partial charge is 0.497 e. The van der Waals surface area contributed by atoms with Crippen molar-refractivity contribution in [3.63, 3.8) is 0 Å². The van der Waals surface area contributed by atoms with Gasteiger partial charge in [-0.25, -0.2) is 0 Å². The molecule has 0 aliphatic rings. The highest BCUT2D eigenvalue weighted by Gasteiger charge is 2.07. The van der Waals surface area contributed by atoms with Crippen molar-refractivity contribution < 1.29 is 19.1 Å². The first kappa shape index (κ1) is 15.8. The normalized spacial score (nSPS) is 9.75. The minimum absolute atomic E-state index is 0.00321. The quantitative estimate of drug-likeness (QED) is 0.762. The van der Waals surface area contributed by atoms with Crippen LogP contribution in [0.4, 0.5) is 0 Å². The number of ether oxygens (including phenoxy) is 2. The number of hydrogen-bond donors (Lipinski definition) is 2. The number of carbonyl (C=O) groups is 2. The first-order valence-electron chi connectivity index (χ1n) is 6.28. The Morgan fingerprint density at radius 3 is 2.15 bits per heavy atom. The Morgan fingerprint density at radius 1 is 1.05 bits per heavy atom. The number of benzene rings is 1. The van der Waals surface area contributed by atoms with Crippen LogP contribution >= 0.6 is 0 Å². The second-order valence-corrected chi connectivity index (χ2v) is 4.17. The SMILES string of the molecule is CNC(=O)CNC(=O)CCc1cc(OC)cc(OC)c1. The van der Waals surface area contributed by atoms with Crippen molar-refractivity contribution in [3.8, 4) is 11.5 Å². The first-order valence-corrected chi connectivity index (χ1v) is 6.28. The van der Waals surface area contributed by atoms with E-state index in [0.717, 1.165) is 5.56 Å². The summed E-state index contributed by atoms with van der Waals surface area (Å²) in [6.45, 7) is -0.00321. The van der Waals surface area contributed by atoms with Crippen LogP contribution in [0.1, 0.15) is 12.0 Å². The molecule has 6 nitrogen and oxygen atoms in total. The summed E-state index contributed by atoms with van der Waals surface area (Å²) in [6, 6.07) is 5.48. The molecule has 0 fully saturated rings. The second-order valence-electron chi connectivity index (χ2n) is 4.17. The van der Waals surface area contributed by atoms with Crippen molar-refractivity contribution in [2.24, 2.45) is 0 Å². The summed E-state index contributed by atoms with van der Waals surface area (Å²) in [7, 11) is 4.68. The molecule has 2 amide bonds. The lowest BCUT2D eigenvalue weighted by Gasteiger charge is -2.08. The standard InChI is InChI=1S/C14H20N2O4/c1-15-14(18)9-16-13(17)5-4-10-6-11(19-2)8-12(7-10)20-3/h6-8H,4-5,9H2,1-3H3,(H,15,18)(H,16,17). The van der Waals surface area contributed by atoms with Gasteiger partial charge in [-0.15, -0.1) is 0 Å². The average Bonchev–Trinajstić information content (AvgIpc) is 2.49. The fraction of sp³-hybridized carbons (Fsp3) is 0.429. The fourth-order valence-electron chi connectivity index (χ4n) is 1.62. The van der Waals surface area contributed by atoms with Gasteiger partial charge in [-0.05, 0) is 24.1 Å².